The fourth-order valence-corrected chi connectivity index (χ4v) is 3.21. The smallest absolute Gasteiger partial charge is 0.255 e. The molecule has 29 heavy (non-hydrogen) atoms. The first-order valence-electron chi connectivity index (χ1n) is 9.34. The molecular weight excluding hydrogens is 382 g/mol. The Bertz CT molecular complexity index is 1130. The number of aromatic nitrogens is 2. The summed E-state index contributed by atoms with van der Waals surface area (Å²) in [5, 5.41) is 4.00. The van der Waals surface area contributed by atoms with Crippen molar-refractivity contribution < 1.29 is 4.79 Å². The normalized spacial score (nSPS) is 10.4. The minimum absolute atomic E-state index is 0. The fourth-order valence-electron chi connectivity index (χ4n) is 3.21. The molecule has 0 bridgehead atoms. The number of carbonyl (C=O) groups excluding carboxylic acids is 1. The maximum absolute atomic E-state index is 12.7. The Balaban J connectivity index is 0.00000240. The Morgan fingerprint density at radius 1 is 0.931 bits per heavy atom. The van der Waals surface area contributed by atoms with E-state index >= 15 is 0 Å². The number of pyridine rings is 2. The molecule has 0 saturated carbocycles. The van der Waals surface area contributed by atoms with Crippen molar-refractivity contribution >= 4 is 34.9 Å². The predicted molar refractivity (Wildman–Crippen MR) is 120 cm³/mol. The number of fused-ring (bicyclic) bond motifs is 1. The van der Waals surface area contributed by atoms with Crippen LogP contribution in [0.15, 0.2) is 79.1 Å². The van der Waals surface area contributed by atoms with Gasteiger partial charge in [0.1, 0.15) is 0 Å². The Labute approximate surface area is 176 Å². The molecule has 4 nitrogen and oxygen atoms in total. The number of nitrogens with one attached hydrogen (secondary N) is 1. The van der Waals surface area contributed by atoms with Gasteiger partial charge in [0, 0.05) is 34.7 Å². The van der Waals surface area contributed by atoms with Gasteiger partial charge in [0.2, 0.25) is 0 Å². The summed E-state index contributed by atoms with van der Waals surface area (Å²) in [6.45, 7) is 1.97. The summed E-state index contributed by atoms with van der Waals surface area (Å²) in [5.74, 6) is -0.109. The van der Waals surface area contributed by atoms with Crippen LogP contribution in [0.5, 0.6) is 0 Å². The Kier molecular flexibility index (Phi) is 6.57. The summed E-state index contributed by atoms with van der Waals surface area (Å²) >= 11 is 0. The van der Waals surface area contributed by atoms with Crippen molar-refractivity contribution in [3.63, 3.8) is 0 Å². The van der Waals surface area contributed by atoms with E-state index in [0.717, 1.165) is 40.7 Å². The molecule has 1 N–H and O–H groups in total. The third-order valence-corrected chi connectivity index (χ3v) is 4.70. The molecule has 0 aliphatic rings. The van der Waals surface area contributed by atoms with E-state index in [0.29, 0.717) is 5.56 Å². The number of hydrogen-bond donors (Lipinski definition) is 1. The third-order valence-electron chi connectivity index (χ3n) is 4.70. The fraction of sp³-hybridized carbons (Fsp3) is 0.125. The molecule has 0 fully saturated rings. The van der Waals surface area contributed by atoms with Crippen LogP contribution in [0.1, 0.15) is 27.2 Å². The molecule has 0 aliphatic carbocycles. The molecule has 0 spiro atoms. The van der Waals surface area contributed by atoms with Gasteiger partial charge in [0.15, 0.2) is 0 Å². The summed E-state index contributed by atoms with van der Waals surface area (Å²) in [6, 6.07) is 21.6. The second-order valence-corrected chi connectivity index (χ2v) is 6.88. The van der Waals surface area contributed by atoms with Gasteiger partial charge < -0.3 is 5.32 Å². The number of rotatable bonds is 5. The van der Waals surface area contributed by atoms with Gasteiger partial charge >= 0.3 is 0 Å². The Morgan fingerprint density at radius 3 is 2.59 bits per heavy atom. The average molecular weight is 404 g/mol. The topological polar surface area (TPSA) is 54.9 Å². The lowest BCUT2D eigenvalue weighted by Gasteiger charge is -2.08. The lowest BCUT2D eigenvalue weighted by molar-refractivity contribution is 0.102. The lowest BCUT2D eigenvalue weighted by Crippen LogP contribution is -2.12. The standard InChI is InChI=1S/C24H21N3O.ClH/c1-17-7-10-20-15-22(11-12-23(20)26-17)27-24(28)21-6-2-4-18(14-21)8-9-19-5-3-13-25-16-19;/h2-7,10-16H,8-9H2,1H3,(H,27,28);1H. The molecule has 0 unspecified atom stereocenters. The molecule has 4 rings (SSSR count). The molecule has 5 heteroatoms. The highest BCUT2D eigenvalue weighted by Gasteiger charge is 2.08. The van der Waals surface area contributed by atoms with E-state index in [9.17, 15) is 4.79 Å². The first-order valence-corrected chi connectivity index (χ1v) is 9.34. The number of hydrogen-bond acceptors (Lipinski definition) is 3. The molecule has 0 aliphatic heterocycles. The monoisotopic (exact) mass is 403 g/mol. The summed E-state index contributed by atoms with van der Waals surface area (Å²) in [7, 11) is 0. The number of benzene rings is 2. The summed E-state index contributed by atoms with van der Waals surface area (Å²) < 4.78 is 0. The van der Waals surface area contributed by atoms with Gasteiger partial charge in [0.05, 0.1) is 5.52 Å². The Morgan fingerprint density at radius 2 is 1.76 bits per heavy atom. The van der Waals surface area contributed by atoms with E-state index in [4.69, 9.17) is 0 Å². The van der Waals surface area contributed by atoms with Crippen molar-refractivity contribution in [3.05, 3.63) is 102 Å². The van der Waals surface area contributed by atoms with Crippen LogP contribution in [-0.4, -0.2) is 15.9 Å². The molecule has 4 aromatic rings. The van der Waals surface area contributed by atoms with Crippen LogP contribution in [0, 0.1) is 6.92 Å². The van der Waals surface area contributed by atoms with Gasteiger partial charge in [-0.1, -0.05) is 24.3 Å². The van der Waals surface area contributed by atoms with E-state index < -0.39 is 0 Å². The number of aryl methyl sites for hydroxylation is 3. The van der Waals surface area contributed by atoms with Crippen LogP contribution in [0.3, 0.4) is 0 Å². The number of carbonyl (C=O) groups is 1. The lowest BCUT2D eigenvalue weighted by atomic mass is 10.0. The van der Waals surface area contributed by atoms with Gasteiger partial charge in [-0.25, -0.2) is 0 Å². The van der Waals surface area contributed by atoms with Crippen LogP contribution in [0.4, 0.5) is 5.69 Å². The van der Waals surface area contributed by atoms with Gasteiger partial charge in [0.25, 0.3) is 5.91 Å². The molecule has 2 aromatic carbocycles. The first-order chi connectivity index (χ1) is 13.7. The third kappa shape index (κ3) is 5.18. The van der Waals surface area contributed by atoms with E-state index in [2.05, 4.69) is 27.4 Å². The van der Waals surface area contributed by atoms with Crippen molar-refractivity contribution in [2.45, 2.75) is 19.8 Å². The molecular formula is C24H22ClN3O. The van der Waals surface area contributed by atoms with Crippen molar-refractivity contribution in [1.82, 2.24) is 9.97 Å². The van der Waals surface area contributed by atoms with Crippen molar-refractivity contribution in [3.8, 4) is 0 Å². The van der Waals surface area contributed by atoms with Gasteiger partial charge in [-0.2, -0.15) is 0 Å². The van der Waals surface area contributed by atoms with Gasteiger partial charge in [-0.3, -0.25) is 14.8 Å². The highest BCUT2D eigenvalue weighted by Crippen LogP contribution is 2.19. The van der Waals surface area contributed by atoms with Gasteiger partial charge in [-0.05, 0) is 73.4 Å². The first kappa shape index (κ1) is 20.5. The zero-order chi connectivity index (χ0) is 19.3. The number of amides is 1. The minimum Gasteiger partial charge on any atom is -0.322 e. The second-order valence-electron chi connectivity index (χ2n) is 6.88. The number of halogens is 1. The molecule has 0 saturated heterocycles. The van der Waals surface area contributed by atoms with E-state index in [1.54, 1.807) is 6.20 Å². The van der Waals surface area contributed by atoms with E-state index in [1.165, 1.54) is 5.56 Å². The highest BCUT2D eigenvalue weighted by atomic mass is 35.5. The van der Waals surface area contributed by atoms with Crippen LogP contribution in [-0.2, 0) is 12.8 Å². The predicted octanol–water partition coefficient (Wildman–Crippen LogP) is 5.40. The van der Waals surface area contributed by atoms with Crippen molar-refractivity contribution in [2.24, 2.45) is 0 Å². The van der Waals surface area contributed by atoms with Crippen LogP contribution in [0.25, 0.3) is 10.9 Å². The van der Waals surface area contributed by atoms with Crippen LogP contribution >= 0.6 is 12.4 Å². The quantitative estimate of drug-likeness (QED) is 0.485. The molecule has 1 amide bonds. The largest absolute Gasteiger partial charge is 0.322 e. The number of nitrogens with zero attached hydrogens (tertiary/aromatic N) is 2. The summed E-state index contributed by atoms with van der Waals surface area (Å²) in [5.41, 5.74) is 5.66. The number of anilines is 1. The Hall–Kier alpha value is -3.24. The zero-order valence-electron chi connectivity index (χ0n) is 16.1. The van der Waals surface area contributed by atoms with Crippen molar-refractivity contribution in [2.75, 3.05) is 5.32 Å². The molecule has 2 aromatic heterocycles. The maximum Gasteiger partial charge on any atom is 0.255 e. The molecule has 0 atom stereocenters. The molecule has 0 radical (unpaired) electrons. The SMILES string of the molecule is Cc1ccc2cc(NC(=O)c3cccc(CCc4cccnc4)c3)ccc2n1.Cl. The minimum atomic E-state index is -0.109. The van der Waals surface area contributed by atoms with Crippen molar-refractivity contribution in [1.29, 1.82) is 0 Å². The average Bonchev–Trinajstić information content (AvgIpc) is 2.73. The highest BCUT2D eigenvalue weighted by molar-refractivity contribution is 6.05. The summed E-state index contributed by atoms with van der Waals surface area (Å²) in [4.78, 5) is 21.3. The maximum atomic E-state index is 12.7. The van der Waals surface area contributed by atoms with Crippen LogP contribution < -0.4 is 5.32 Å². The molecule has 2 heterocycles. The van der Waals surface area contributed by atoms with Gasteiger partial charge in [-0.15, -0.1) is 12.4 Å². The van der Waals surface area contributed by atoms with Crippen LogP contribution in [0.2, 0.25) is 0 Å². The summed E-state index contributed by atoms with van der Waals surface area (Å²) in [6.07, 6.45) is 5.43. The molecule has 146 valence electrons. The second kappa shape index (κ2) is 9.30. The van der Waals surface area contributed by atoms with E-state index in [1.807, 2.05) is 67.7 Å². The van der Waals surface area contributed by atoms with E-state index in [-0.39, 0.29) is 18.3 Å². The zero-order valence-corrected chi connectivity index (χ0v) is 16.9.